The molecule has 0 aliphatic heterocycles. The van der Waals surface area contributed by atoms with Crippen LogP contribution in [0.25, 0.3) is 0 Å². The highest BCUT2D eigenvalue weighted by Crippen LogP contribution is 2.30. The molecular formula is C17H20N4O5. The van der Waals surface area contributed by atoms with Crippen molar-refractivity contribution in [2.45, 2.75) is 6.04 Å². The van der Waals surface area contributed by atoms with E-state index < -0.39 is 9.85 Å². The predicted molar refractivity (Wildman–Crippen MR) is 97.7 cm³/mol. The highest BCUT2D eigenvalue weighted by Gasteiger charge is 2.21. The Balaban J connectivity index is 2.26. The van der Waals surface area contributed by atoms with Gasteiger partial charge in [-0.2, -0.15) is 0 Å². The maximum Gasteiger partial charge on any atom is 0.299 e. The Kier molecular flexibility index (Phi) is 6.07. The number of hydrogen-bond donors (Lipinski definition) is 1. The van der Waals surface area contributed by atoms with Gasteiger partial charge in [-0.05, 0) is 37.9 Å². The molecule has 0 aliphatic carbocycles. The number of benzene rings is 2. The molecular weight excluding hydrogens is 340 g/mol. The average molecular weight is 360 g/mol. The normalized spacial score (nSPS) is 11.8. The zero-order chi connectivity index (χ0) is 19.3. The van der Waals surface area contributed by atoms with Crippen LogP contribution in [0, 0.1) is 20.2 Å². The smallest absolute Gasteiger partial charge is 0.299 e. The van der Waals surface area contributed by atoms with Gasteiger partial charge in [0, 0.05) is 12.6 Å². The molecule has 1 unspecified atom stereocenters. The van der Waals surface area contributed by atoms with Gasteiger partial charge < -0.3 is 15.0 Å². The second kappa shape index (κ2) is 8.26. The van der Waals surface area contributed by atoms with E-state index in [1.807, 2.05) is 43.3 Å². The maximum atomic E-state index is 11.2. The molecule has 0 saturated carbocycles. The zero-order valence-electron chi connectivity index (χ0n) is 14.7. The number of anilines is 1. The molecule has 138 valence electrons. The predicted octanol–water partition coefficient (Wildman–Crippen LogP) is 3.23. The van der Waals surface area contributed by atoms with E-state index in [0.717, 1.165) is 17.4 Å². The van der Waals surface area contributed by atoms with Crippen molar-refractivity contribution in [2.24, 2.45) is 0 Å². The number of nitrogens with one attached hydrogen (secondary N) is 1. The quantitative estimate of drug-likeness (QED) is 0.568. The molecule has 9 nitrogen and oxygen atoms in total. The number of ether oxygens (including phenoxy) is 1. The van der Waals surface area contributed by atoms with Gasteiger partial charge in [0.1, 0.15) is 11.4 Å². The second-order valence-corrected chi connectivity index (χ2v) is 5.85. The third-order valence-corrected chi connectivity index (χ3v) is 3.98. The Labute approximate surface area is 150 Å². The summed E-state index contributed by atoms with van der Waals surface area (Å²) < 4.78 is 5.24. The summed E-state index contributed by atoms with van der Waals surface area (Å²) in [4.78, 5) is 22.8. The first-order valence-corrected chi connectivity index (χ1v) is 7.80. The number of nitro benzene ring substituents is 2. The minimum atomic E-state index is -0.657. The average Bonchev–Trinajstić information content (AvgIpc) is 2.61. The fraction of sp³-hybridized carbons (Fsp3) is 0.294. The number of likely N-dealkylation sites (N-methyl/N-ethyl adjacent to an activating group) is 1. The molecule has 0 amide bonds. The number of rotatable bonds is 8. The van der Waals surface area contributed by atoms with Crippen LogP contribution in [0.2, 0.25) is 0 Å². The summed E-state index contributed by atoms with van der Waals surface area (Å²) in [6, 6.07) is 11.0. The lowest BCUT2D eigenvalue weighted by molar-refractivity contribution is -0.393. The first-order valence-electron chi connectivity index (χ1n) is 7.80. The van der Waals surface area contributed by atoms with Crippen LogP contribution in [0.5, 0.6) is 5.75 Å². The summed E-state index contributed by atoms with van der Waals surface area (Å²) in [6.07, 6.45) is 0. The van der Waals surface area contributed by atoms with E-state index in [0.29, 0.717) is 6.54 Å². The maximum absolute atomic E-state index is 11.2. The lowest BCUT2D eigenvalue weighted by Crippen LogP contribution is -2.27. The van der Waals surface area contributed by atoms with E-state index in [1.165, 1.54) is 12.1 Å². The molecule has 0 saturated heterocycles. The third-order valence-electron chi connectivity index (χ3n) is 3.98. The van der Waals surface area contributed by atoms with Crippen molar-refractivity contribution in [1.82, 2.24) is 4.90 Å². The summed E-state index contributed by atoms with van der Waals surface area (Å²) in [7, 11) is 5.38. The van der Waals surface area contributed by atoms with Crippen LogP contribution in [-0.2, 0) is 0 Å². The molecule has 2 rings (SSSR count). The third kappa shape index (κ3) is 4.45. The van der Waals surface area contributed by atoms with E-state index in [1.54, 1.807) is 7.11 Å². The minimum absolute atomic E-state index is 0.0834. The van der Waals surface area contributed by atoms with E-state index in [9.17, 15) is 20.2 Å². The van der Waals surface area contributed by atoms with Gasteiger partial charge in [-0.15, -0.1) is 0 Å². The molecule has 2 aromatic rings. The first kappa shape index (κ1) is 19.1. The molecule has 0 spiro atoms. The van der Waals surface area contributed by atoms with Crippen molar-refractivity contribution < 1.29 is 14.6 Å². The minimum Gasteiger partial charge on any atom is -0.497 e. The SMILES string of the molecule is COc1cccc(C(CNc2ccc([N+](=O)[O-])cc2[N+](=O)[O-])N(C)C)c1. The van der Waals surface area contributed by atoms with Crippen LogP contribution in [-0.4, -0.2) is 42.5 Å². The Morgan fingerprint density at radius 2 is 1.85 bits per heavy atom. The number of methoxy groups -OCH3 is 1. The standard InChI is InChI=1S/C17H20N4O5/c1-19(2)17(12-5-4-6-14(9-12)26-3)11-18-15-8-7-13(20(22)23)10-16(15)21(24)25/h4-10,17-18H,11H2,1-3H3. The van der Waals surface area contributed by atoms with Gasteiger partial charge in [-0.3, -0.25) is 20.2 Å². The lowest BCUT2D eigenvalue weighted by Gasteiger charge is -2.25. The van der Waals surface area contributed by atoms with Crippen molar-refractivity contribution in [3.63, 3.8) is 0 Å². The number of non-ortho nitro benzene ring substituents is 1. The largest absolute Gasteiger partial charge is 0.497 e. The van der Waals surface area contributed by atoms with Gasteiger partial charge in [0.25, 0.3) is 11.4 Å². The van der Waals surface area contributed by atoms with Crippen molar-refractivity contribution >= 4 is 17.1 Å². The molecule has 9 heteroatoms. The molecule has 0 bridgehead atoms. The van der Waals surface area contributed by atoms with Crippen LogP contribution in [0.15, 0.2) is 42.5 Å². The molecule has 1 atom stereocenters. The summed E-state index contributed by atoms with van der Waals surface area (Å²) in [5, 5.41) is 25.1. The molecule has 0 aliphatic rings. The van der Waals surface area contributed by atoms with Crippen LogP contribution in [0.4, 0.5) is 17.1 Å². The zero-order valence-corrected chi connectivity index (χ0v) is 14.7. The van der Waals surface area contributed by atoms with Crippen LogP contribution in [0.3, 0.4) is 0 Å². The Morgan fingerprint density at radius 3 is 2.42 bits per heavy atom. The second-order valence-electron chi connectivity index (χ2n) is 5.85. The molecule has 0 radical (unpaired) electrons. The summed E-state index contributed by atoms with van der Waals surface area (Å²) in [6.45, 7) is 0.374. The molecule has 0 aromatic heterocycles. The van der Waals surface area contributed by atoms with Crippen molar-refractivity contribution in [3.8, 4) is 5.75 Å². The molecule has 2 aromatic carbocycles. The van der Waals surface area contributed by atoms with Crippen LogP contribution in [0.1, 0.15) is 11.6 Å². The van der Waals surface area contributed by atoms with Gasteiger partial charge in [-0.25, -0.2) is 0 Å². The molecule has 26 heavy (non-hydrogen) atoms. The Hall–Kier alpha value is -3.20. The highest BCUT2D eigenvalue weighted by molar-refractivity contribution is 5.65. The van der Waals surface area contributed by atoms with Crippen molar-refractivity contribution in [2.75, 3.05) is 33.1 Å². The van der Waals surface area contributed by atoms with E-state index >= 15 is 0 Å². The Bertz CT molecular complexity index is 809. The van der Waals surface area contributed by atoms with Crippen molar-refractivity contribution in [3.05, 3.63) is 68.3 Å². The highest BCUT2D eigenvalue weighted by atomic mass is 16.6. The number of nitrogens with zero attached hydrogens (tertiary/aromatic N) is 3. The molecule has 1 N–H and O–H groups in total. The number of nitro groups is 2. The topological polar surface area (TPSA) is 111 Å². The van der Waals surface area contributed by atoms with Gasteiger partial charge in [0.15, 0.2) is 0 Å². The van der Waals surface area contributed by atoms with Gasteiger partial charge in [0.05, 0.1) is 29.1 Å². The molecule has 0 fully saturated rings. The fourth-order valence-corrected chi connectivity index (χ4v) is 2.59. The van der Waals surface area contributed by atoms with Crippen LogP contribution >= 0.6 is 0 Å². The van der Waals surface area contributed by atoms with Crippen molar-refractivity contribution in [1.29, 1.82) is 0 Å². The first-order chi connectivity index (χ1) is 12.3. The van der Waals surface area contributed by atoms with E-state index in [-0.39, 0.29) is 23.1 Å². The van der Waals surface area contributed by atoms with Gasteiger partial charge >= 0.3 is 0 Å². The monoisotopic (exact) mass is 360 g/mol. The summed E-state index contributed by atoms with van der Waals surface area (Å²) in [5.74, 6) is 0.718. The summed E-state index contributed by atoms with van der Waals surface area (Å²) in [5.41, 5.74) is 0.559. The van der Waals surface area contributed by atoms with Gasteiger partial charge in [-0.1, -0.05) is 12.1 Å². The Morgan fingerprint density at radius 1 is 1.12 bits per heavy atom. The number of hydrogen-bond acceptors (Lipinski definition) is 7. The lowest BCUT2D eigenvalue weighted by atomic mass is 10.1. The van der Waals surface area contributed by atoms with Gasteiger partial charge in [0.2, 0.25) is 0 Å². The molecule has 0 heterocycles. The van der Waals surface area contributed by atoms with E-state index in [4.69, 9.17) is 4.74 Å². The fourth-order valence-electron chi connectivity index (χ4n) is 2.59. The van der Waals surface area contributed by atoms with Crippen LogP contribution < -0.4 is 10.1 Å². The van der Waals surface area contributed by atoms with E-state index in [2.05, 4.69) is 5.32 Å². The summed E-state index contributed by atoms with van der Waals surface area (Å²) >= 11 is 0.